The molecule has 1 aromatic heterocycles. The number of benzene rings is 2. The predicted molar refractivity (Wildman–Crippen MR) is 149 cm³/mol. The third-order valence-corrected chi connectivity index (χ3v) is 7.57. The first-order valence-electron chi connectivity index (χ1n) is 13.3. The van der Waals surface area contributed by atoms with Crippen LogP contribution in [0, 0.1) is 5.41 Å². The fourth-order valence-electron chi connectivity index (χ4n) is 5.24. The number of nitrogens with zero attached hydrogens (tertiary/aromatic N) is 3. The maximum Gasteiger partial charge on any atom is 0.267 e. The van der Waals surface area contributed by atoms with Gasteiger partial charge in [-0.05, 0) is 61.1 Å². The standard InChI is InChI=1S/C18H24N2O3.C12H10N2O2/c1-19-15-12-14(2-3-16(15)23-9-4-17(19)21)20-8-5-18(13-20)6-10-22-11-7-18;13-12(15)11-8-10(6-7-14-11)16-9-4-2-1-3-5-9/h2-3,12H,4-11,13H2,1H3;1-8H,(H2,13,15). The molecule has 39 heavy (non-hydrogen) atoms. The zero-order valence-corrected chi connectivity index (χ0v) is 22.2. The number of para-hydroxylation sites is 1. The molecule has 2 aromatic carbocycles. The zero-order valence-electron chi connectivity index (χ0n) is 22.2. The van der Waals surface area contributed by atoms with Crippen molar-refractivity contribution in [2.45, 2.75) is 25.7 Å². The summed E-state index contributed by atoms with van der Waals surface area (Å²) >= 11 is 0. The largest absolute Gasteiger partial charge is 0.491 e. The van der Waals surface area contributed by atoms with Gasteiger partial charge in [0.1, 0.15) is 22.9 Å². The summed E-state index contributed by atoms with van der Waals surface area (Å²) in [6, 6.07) is 18.7. The van der Waals surface area contributed by atoms with Crippen molar-refractivity contribution in [1.82, 2.24) is 4.98 Å². The summed E-state index contributed by atoms with van der Waals surface area (Å²) in [5.74, 6) is 1.59. The molecule has 0 bridgehead atoms. The van der Waals surface area contributed by atoms with E-state index < -0.39 is 5.91 Å². The van der Waals surface area contributed by atoms with Gasteiger partial charge in [0.05, 0.1) is 18.7 Å². The molecule has 3 aromatic rings. The number of ether oxygens (including phenoxy) is 3. The van der Waals surface area contributed by atoms with Gasteiger partial charge in [-0.25, -0.2) is 0 Å². The smallest absolute Gasteiger partial charge is 0.267 e. The number of carbonyl (C=O) groups is 2. The number of aromatic nitrogens is 1. The molecule has 2 saturated heterocycles. The molecule has 0 radical (unpaired) electrons. The monoisotopic (exact) mass is 530 g/mol. The highest BCUT2D eigenvalue weighted by atomic mass is 16.5. The first-order chi connectivity index (χ1) is 18.9. The SMILES string of the molecule is CN1C(=O)CCOc2ccc(N3CCC4(CCOCC4)C3)cc21.NC(=O)c1cc(Oc2ccccc2)ccn1. The number of pyridine rings is 1. The number of hydrogen-bond donors (Lipinski definition) is 1. The number of amides is 2. The van der Waals surface area contributed by atoms with Gasteiger partial charge in [0.2, 0.25) is 5.91 Å². The van der Waals surface area contributed by atoms with Crippen molar-refractivity contribution < 1.29 is 23.8 Å². The van der Waals surface area contributed by atoms with E-state index in [0.717, 1.165) is 50.6 Å². The van der Waals surface area contributed by atoms with Crippen LogP contribution in [-0.4, -0.2) is 56.8 Å². The van der Waals surface area contributed by atoms with Gasteiger partial charge in [-0.3, -0.25) is 14.6 Å². The fourth-order valence-corrected chi connectivity index (χ4v) is 5.24. The molecule has 204 valence electrons. The molecule has 3 aliphatic rings. The molecular weight excluding hydrogens is 496 g/mol. The molecule has 0 saturated carbocycles. The minimum Gasteiger partial charge on any atom is -0.491 e. The Hall–Kier alpha value is -4.11. The first-order valence-corrected chi connectivity index (χ1v) is 13.3. The minimum absolute atomic E-state index is 0.114. The maximum absolute atomic E-state index is 12.1. The Balaban J connectivity index is 0.000000169. The Morgan fingerprint density at radius 2 is 1.79 bits per heavy atom. The van der Waals surface area contributed by atoms with Gasteiger partial charge in [0.15, 0.2) is 0 Å². The third kappa shape index (κ3) is 6.31. The van der Waals surface area contributed by atoms with Crippen molar-refractivity contribution in [3.63, 3.8) is 0 Å². The highest BCUT2D eigenvalue weighted by molar-refractivity contribution is 5.95. The van der Waals surface area contributed by atoms with Gasteiger partial charge in [-0.1, -0.05) is 18.2 Å². The molecule has 4 heterocycles. The normalized spacial score (nSPS) is 17.9. The molecule has 6 rings (SSSR count). The number of carbonyl (C=O) groups excluding carboxylic acids is 2. The van der Waals surface area contributed by atoms with E-state index >= 15 is 0 Å². The van der Waals surface area contributed by atoms with Crippen molar-refractivity contribution in [2.75, 3.05) is 49.8 Å². The van der Waals surface area contributed by atoms with Crippen LogP contribution in [0.1, 0.15) is 36.2 Å². The van der Waals surface area contributed by atoms with Gasteiger partial charge in [-0.15, -0.1) is 0 Å². The Morgan fingerprint density at radius 3 is 2.56 bits per heavy atom. The predicted octanol–water partition coefficient (Wildman–Crippen LogP) is 4.41. The highest BCUT2D eigenvalue weighted by Gasteiger charge is 2.39. The van der Waals surface area contributed by atoms with E-state index in [1.165, 1.54) is 24.4 Å². The molecule has 0 aliphatic carbocycles. The van der Waals surface area contributed by atoms with Gasteiger partial charge < -0.3 is 29.7 Å². The number of hydrogen-bond acceptors (Lipinski definition) is 7. The summed E-state index contributed by atoms with van der Waals surface area (Å²) in [5, 5.41) is 0. The number of fused-ring (bicyclic) bond motifs is 1. The van der Waals surface area contributed by atoms with Crippen LogP contribution in [0.25, 0.3) is 0 Å². The van der Waals surface area contributed by atoms with Crippen LogP contribution in [-0.2, 0) is 9.53 Å². The number of anilines is 2. The number of nitrogens with two attached hydrogens (primary N) is 1. The lowest BCUT2D eigenvalue weighted by Crippen LogP contribution is -2.33. The lowest BCUT2D eigenvalue weighted by Gasteiger charge is -2.33. The highest BCUT2D eigenvalue weighted by Crippen LogP contribution is 2.43. The van der Waals surface area contributed by atoms with Crippen molar-refractivity contribution in [3.8, 4) is 17.2 Å². The van der Waals surface area contributed by atoms with Crippen LogP contribution >= 0.6 is 0 Å². The summed E-state index contributed by atoms with van der Waals surface area (Å²) in [6.45, 7) is 4.42. The van der Waals surface area contributed by atoms with E-state index in [9.17, 15) is 9.59 Å². The quantitative estimate of drug-likeness (QED) is 0.532. The van der Waals surface area contributed by atoms with Crippen molar-refractivity contribution >= 4 is 23.2 Å². The van der Waals surface area contributed by atoms with E-state index in [2.05, 4.69) is 22.0 Å². The second-order valence-corrected chi connectivity index (χ2v) is 10.1. The molecule has 2 fully saturated rings. The molecule has 0 atom stereocenters. The van der Waals surface area contributed by atoms with E-state index in [1.54, 1.807) is 11.0 Å². The molecule has 2 N–H and O–H groups in total. The lowest BCUT2D eigenvalue weighted by atomic mass is 9.80. The lowest BCUT2D eigenvalue weighted by molar-refractivity contribution is -0.118. The number of rotatable bonds is 4. The topological polar surface area (TPSA) is 107 Å². The van der Waals surface area contributed by atoms with Gasteiger partial charge in [0, 0.05) is 51.3 Å². The summed E-state index contributed by atoms with van der Waals surface area (Å²) in [6.07, 6.45) is 5.48. The van der Waals surface area contributed by atoms with Crippen molar-refractivity contribution in [2.24, 2.45) is 11.1 Å². The summed E-state index contributed by atoms with van der Waals surface area (Å²) in [7, 11) is 1.84. The van der Waals surface area contributed by atoms with Crippen LogP contribution in [0.2, 0.25) is 0 Å². The first kappa shape index (κ1) is 26.5. The minimum atomic E-state index is -0.571. The number of primary amides is 1. The van der Waals surface area contributed by atoms with Crippen molar-refractivity contribution in [1.29, 1.82) is 0 Å². The van der Waals surface area contributed by atoms with E-state index in [1.807, 2.05) is 43.4 Å². The zero-order chi connectivity index (χ0) is 27.2. The fraction of sp³-hybridized carbons (Fsp3) is 0.367. The second kappa shape index (κ2) is 11.7. The van der Waals surface area contributed by atoms with E-state index in [-0.39, 0.29) is 11.6 Å². The van der Waals surface area contributed by atoms with Gasteiger partial charge in [-0.2, -0.15) is 0 Å². The second-order valence-electron chi connectivity index (χ2n) is 10.1. The van der Waals surface area contributed by atoms with Gasteiger partial charge in [0.25, 0.3) is 5.91 Å². The van der Waals surface area contributed by atoms with Crippen LogP contribution < -0.4 is 25.0 Å². The Bertz CT molecular complexity index is 1310. The van der Waals surface area contributed by atoms with E-state index in [4.69, 9.17) is 19.9 Å². The summed E-state index contributed by atoms with van der Waals surface area (Å²) < 4.78 is 16.8. The van der Waals surface area contributed by atoms with Crippen LogP contribution in [0.4, 0.5) is 11.4 Å². The maximum atomic E-state index is 12.1. The Kier molecular flexibility index (Phi) is 7.97. The van der Waals surface area contributed by atoms with Crippen LogP contribution in [0.3, 0.4) is 0 Å². The van der Waals surface area contributed by atoms with Crippen LogP contribution in [0.5, 0.6) is 17.2 Å². The molecule has 1 spiro atoms. The van der Waals surface area contributed by atoms with E-state index in [0.29, 0.717) is 29.9 Å². The van der Waals surface area contributed by atoms with Crippen molar-refractivity contribution in [3.05, 3.63) is 72.6 Å². The third-order valence-electron chi connectivity index (χ3n) is 7.57. The summed E-state index contributed by atoms with van der Waals surface area (Å²) in [5.41, 5.74) is 7.81. The Labute approximate surface area is 228 Å². The molecule has 3 aliphatic heterocycles. The molecule has 9 heteroatoms. The Morgan fingerprint density at radius 1 is 1.00 bits per heavy atom. The molecular formula is C30H34N4O5. The average Bonchev–Trinajstić information content (AvgIpc) is 3.30. The molecule has 9 nitrogen and oxygen atoms in total. The summed E-state index contributed by atoms with van der Waals surface area (Å²) in [4.78, 5) is 31.0. The molecule has 2 amide bonds. The molecule has 0 unspecified atom stereocenters. The van der Waals surface area contributed by atoms with Gasteiger partial charge >= 0.3 is 0 Å². The average molecular weight is 531 g/mol. The van der Waals surface area contributed by atoms with Crippen LogP contribution in [0.15, 0.2) is 66.9 Å².